The average molecular weight is 387 g/mol. The zero-order valence-corrected chi connectivity index (χ0v) is 15.6. The molecule has 5 N–H and O–H groups in total. The van der Waals surface area contributed by atoms with E-state index in [1.54, 1.807) is 30.5 Å². The van der Waals surface area contributed by atoms with Gasteiger partial charge in [0, 0.05) is 22.9 Å². The number of nitrogen functional groups attached to an aromatic ring is 1. The van der Waals surface area contributed by atoms with Crippen LogP contribution in [0.5, 0.6) is 0 Å². The third-order valence-electron chi connectivity index (χ3n) is 4.71. The van der Waals surface area contributed by atoms with E-state index in [9.17, 15) is 9.18 Å². The van der Waals surface area contributed by atoms with Crippen LogP contribution in [0.2, 0.25) is 0 Å². The minimum absolute atomic E-state index is 0.149. The number of H-pyrrole nitrogens is 1. The first-order chi connectivity index (χ1) is 13.9. The van der Waals surface area contributed by atoms with E-state index < -0.39 is 5.91 Å². The van der Waals surface area contributed by atoms with Crippen molar-refractivity contribution < 1.29 is 9.18 Å². The van der Waals surface area contributed by atoms with Gasteiger partial charge in [-0.05, 0) is 54.4 Å². The van der Waals surface area contributed by atoms with Crippen LogP contribution in [-0.4, -0.2) is 20.9 Å². The lowest BCUT2D eigenvalue weighted by Gasteiger charge is -2.10. The molecule has 29 heavy (non-hydrogen) atoms. The molecule has 2 aromatic carbocycles. The molecule has 0 aliphatic rings. The molecule has 144 valence electrons. The fourth-order valence-electron chi connectivity index (χ4n) is 3.38. The Kier molecular flexibility index (Phi) is 4.56. The van der Waals surface area contributed by atoms with Gasteiger partial charge in [-0.1, -0.05) is 18.2 Å². The van der Waals surface area contributed by atoms with Crippen molar-refractivity contribution in [2.75, 3.05) is 5.73 Å². The molecule has 0 aliphatic heterocycles. The highest BCUT2D eigenvalue weighted by Crippen LogP contribution is 2.38. The Balaban J connectivity index is 2.00. The zero-order valence-electron chi connectivity index (χ0n) is 15.6. The van der Waals surface area contributed by atoms with E-state index in [-0.39, 0.29) is 11.8 Å². The molecule has 2 heterocycles. The monoisotopic (exact) mass is 387 g/mol. The largest absolute Gasteiger partial charge is 0.368 e. The van der Waals surface area contributed by atoms with Crippen molar-refractivity contribution in [3.63, 3.8) is 0 Å². The number of carbonyl (C=O) groups is 1. The molecule has 7 heteroatoms. The fourth-order valence-corrected chi connectivity index (χ4v) is 3.38. The van der Waals surface area contributed by atoms with Crippen molar-refractivity contribution in [1.29, 1.82) is 0 Å². The van der Waals surface area contributed by atoms with E-state index >= 15 is 0 Å². The number of nitrogens with zero attached hydrogens (tertiary/aromatic N) is 2. The second-order valence-corrected chi connectivity index (χ2v) is 6.64. The van der Waals surface area contributed by atoms with Crippen LogP contribution in [0.3, 0.4) is 0 Å². The molecule has 0 bridgehead atoms. The van der Waals surface area contributed by atoms with Gasteiger partial charge in [-0.15, -0.1) is 0 Å². The lowest BCUT2D eigenvalue weighted by Crippen LogP contribution is -2.12. The van der Waals surface area contributed by atoms with Crippen molar-refractivity contribution in [3.8, 4) is 33.8 Å². The normalized spacial score (nSPS) is 10.8. The number of benzene rings is 2. The van der Waals surface area contributed by atoms with Crippen molar-refractivity contribution in [2.24, 2.45) is 5.73 Å². The molecule has 0 saturated heterocycles. The number of hydrogen-bond acceptors (Lipinski definition) is 4. The molecule has 0 aliphatic carbocycles. The summed E-state index contributed by atoms with van der Waals surface area (Å²) < 4.78 is 13.7. The molecular weight excluding hydrogens is 369 g/mol. The molecule has 0 spiro atoms. The number of carbonyl (C=O) groups excluding carboxylic acids is 1. The van der Waals surface area contributed by atoms with Gasteiger partial charge in [0.05, 0.1) is 17.1 Å². The highest BCUT2D eigenvalue weighted by atomic mass is 19.1. The molecule has 4 aromatic rings. The Bertz CT molecular complexity index is 1230. The van der Waals surface area contributed by atoms with Gasteiger partial charge in [-0.2, -0.15) is 0 Å². The molecule has 4 rings (SSSR count). The molecule has 0 radical (unpaired) electrons. The average Bonchev–Trinajstić information content (AvgIpc) is 3.13. The number of aromatic amines is 1. The highest BCUT2D eigenvalue weighted by molar-refractivity contribution is 6.02. The fraction of sp³-hybridized carbons (Fsp3) is 0.0455. The second kappa shape index (κ2) is 7.20. The smallest absolute Gasteiger partial charge is 0.249 e. The summed E-state index contributed by atoms with van der Waals surface area (Å²) in [6.45, 7) is 1.82. The number of rotatable bonds is 4. The van der Waals surface area contributed by atoms with E-state index in [2.05, 4.69) is 15.0 Å². The summed E-state index contributed by atoms with van der Waals surface area (Å²) in [6.07, 6.45) is 1.57. The predicted octanol–water partition coefficient (Wildman–Crippen LogP) is 3.93. The maximum absolute atomic E-state index is 13.7. The number of nitrogens with two attached hydrogens (primary N) is 2. The Hall–Kier alpha value is -4.00. The highest BCUT2D eigenvalue weighted by Gasteiger charge is 2.19. The maximum atomic E-state index is 13.7. The summed E-state index contributed by atoms with van der Waals surface area (Å²) in [7, 11) is 0. The molecule has 1 amide bonds. The predicted molar refractivity (Wildman–Crippen MR) is 110 cm³/mol. The topological polar surface area (TPSA) is 111 Å². The third kappa shape index (κ3) is 3.45. The zero-order chi connectivity index (χ0) is 20.5. The summed E-state index contributed by atoms with van der Waals surface area (Å²) in [4.78, 5) is 23.5. The minimum Gasteiger partial charge on any atom is -0.368 e. The van der Waals surface area contributed by atoms with Gasteiger partial charge >= 0.3 is 0 Å². The standard InChI is InChI=1S/C22H18FN5O/c1-12-10-13(23)6-7-14(12)20-17(15-4-2-3-5-16(15)21(24)29)11-19(27-20)18-8-9-26-22(25)28-18/h2-11,27H,1H3,(H2,24,29)(H2,25,26,28). The van der Waals surface area contributed by atoms with Crippen molar-refractivity contribution in [1.82, 2.24) is 15.0 Å². The third-order valence-corrected chi connectivity index (χ3v) is 4.71. The van der Waals surface area contributed by atoms with Crippen LogP contribution in [0.1, 0.15) is 15.9 Å². The van der Waals surface area contributed by atoms with Crippen molar-refractivity contribution in [2.45, 2.75) is 6.92 Å². The first-order valence-corrected chi connectivity index (χ1v) is 8.91. The Morgan fingerprint density at radius 3 is 2.55 bits per heavy atom. The number of hydrogen-bond donors (Lipinski definition) is 3. The second-order valence-electron chi connectivity index (χ2n) is 6.64. The maximum Gasteiger partial charge on any atom is 0.249 e. The van der Waals surface area contributed by atoms with E-state index in [0.29, 0.717) is 22.5 Å². The first-order valence-electron chi connectivity index (χ1n) is 8.91. The molecule has 2 aromatic heterocycles. The summed E-state index contributed by atoms with van der Waals surface area (Å²) in [5.41, 5.74) is 16.7. The van der Waals surface area contributed by atoms with Crippen molar-refractivity contribution >= 4 is 11.9 Å². The van der Waals surface area contributed by atoms with Gasteiger partial charge in [0.15, 0.2) is 0 Å². The lowest BCUT2D eigenvalue weighted by atomic mass is 9.95. The molecule has 0 atom stereocenters. The van der Waals surface area contributed by atoms with Gasteiger partial charge in [0.25, 0.3) is 0 Å². The van der Waals surface area contributed by atoms with Crippen LogP contribution in [0.25, 0.3) is 33.8 Å². The molecular formula is C22H18FN5O. The number of nitrogens with one attached hydrogen (secondary N) is 1. The quantitative estimate of drug-likeness (QED) is 0.492. The Morgan fingerprint density at radius 2 is 1.83 bits per heavy atom. The summed E-state index contributed by atoms with van der Waals surface area (Å²) in [5.74, 6) is -0.701. The van der Waals surface area contributed by atoms with E-state index in [0.717, 1.165) is 22.4 Å². The Labute approximate surface area is 166 Å². The van der Waals surface area contributed by atoms with Crippen LogP contribution >= 0.6 is 0 Å². The SMILES string of the molecule is Cc1cc(F)ccc1-c1[nH]c(-c2ccnc(N)n2)cc1-c1ccccc1C(N)=O. The lowest BCUT2D eigenvalue weighted by molar-refractivity contribution is 0.100. The van der Waals surface area contributed by atoms with Crippen LogP contribution in [0, 0.1) is 12.7 Å². The van der Waals surface area contributed by atoms with Gasteiger partial charge in [-0.3, -0.25) is 4.79 Å². The summed E-state index contributed by atoms with van der Waals surface area (Å²) >= 11 is 0. The minimum atomic E-state index is -0.531. The Morgan fingerprint density at radius 1 is 1.03 bits per heavy atom. The van der Waals surface area contributed by atoms with Gasteiger partial charge in [-0.25, -0.2) is 14.4 Å². The molecule has 0 unspecified atom stereocenters. The van der Waals surface area contributed by atoms with Crippen LogP contribution in [0.4, 0.5) is 10.3 Å². The number of amides is 1. The summed E-state index contributed by atoms with van der Waals surface area (Å²) in [6, 6.07) is 15.2. The molecule has 0 saturated carbocycles. The number of aryl methyl sites for hydroxylation is 1. The van der Waals surface area contributed by atoms with E-state index in [4.69, 9.17) is 11.5 Å². The van der Waals surface area contributed by atoms with Crippen LogP contribution in [-0.2, 0) is 0 Å². The molecule has 6 nitrogen and oxygen atoms in total. The van der Waals surface area contributed by atoms with E-state index in [1.807, 2.05) is 25.1 Å². The number of halogens is 1. The van der Waals surface area contributed by atoms with Crippen molar-refractivity contribution in [3.05, 3.63) is 77.7 Å². The number of anilines is 1. The van der Waals surface area contributed by atoms with Gasteiger partial charge < -0.3 is 16.5 Å². The first kappa shape index (κ1) is 18.4. The van der Waals surface area contributed by atoms with Gasteiger partial charge in [0.2, 0.25) is 11.9 Å². The summed E-state index contributed by atoms with van der Waals surface area (Å²) in [5, 5.41) is 0. The van der Waals surface area contributed by atoms with Gasteiger partial charge in [0.1, 0.15) is 5.82 Å². The van der Waals surface area contributed by atoms with Crippen LogP contribution in [0.15, 0.2) is 60.8 Å². The number of primary amides is 1. The van der Waals surface area contributed by atoms with Crippen LogP contribution < -0.4 is 11.5 Å². The van der Waals surface area contributed by atoms with E-state index in [1.165, 1.54) is 12.1 Å². The molecule has 0 fully saturated rings. The number of aromatic nitrogens is 3.